The van der Waals surface area contributed by atoms with Gasteiger partial charge in [0, 0.05) is 61.0 Å². The number of aromatic nitrogens is 5. The molecule has 0 spiro atoms. The summed E-state index contributed by atoms with van der Waals surface area (Å²) < 4.78 is 29.3. The summed E-state index contributed by atoms with van der Waals surface area (Å²) in [4.78, 5) is 23.7. The minimum atomic E-state index is -3.69. The first kappa shape index (κ1) is 24.6. The van der Waals surface area contributed by atoms with Gasteiger partial charge < -0.3 is 15.7 Å². The van der Waals surface area contributed by atoms with E-state index in [4.69, 9.17) is 10.7 Å². The smallest absolute Gasteiger partial charge is 0.248 e. The average Bonchev–Trinajstić information content (AvgIpc) is 3.58. The molecule has 38 heavy (non-hydrogen) atoms. The third-order valence-electron chi connectivity index (χ3n) is 7.77. The van der Waals surface area contributed by atoms with E-state index in [0.29, 0.717) is 24.2 Å². The van der Waals surface area contributed by atoms with Gasteiger partial charge >= 0.3 is 0 Å². The normalized spacial score (nSPS) is 21.3. The van der Waals surface area contributed by atoms with Crippen LogP contribution in [0, 0.1) is 0 Å². The van der Waals surface area contributed by atoms with Crippen molar-refractivity contribution < 1.29 is 18.3 Å². The molecule has 6 rings (SSSR count). The van der Waals surface area contributed by atoms with Crippen LogP contribution in [0.5, 0.6) is 0 Å². The molecule has 2 aliphatic heterocycles. The predicted molar refractivity (Wildman–Crippen MR) is 141 cm³/mol. The lowest BCUT2D eigenvalue weighted by Crippen LogP contribution is -2.47. The van der Waals surface area contributed by atoms with Crippen molar-refractivity contribution in [2.75, 3.05) is 18.6 Å². The van der Waals surface area contributed by atoms with E-state index in [-0.39, 0.29) is 34.6 Å². The molecule has 3 N–H and O–H groups in total. The van der Waals surface area contributed by atoms with Gasteiger partial charge in [0.15, 0.2) is 9.84 Å². The summed E-state index contributed by atoms with van der Waals surface area (Å²) >= 11 is 0. The fourth-order valence-electron chi connectivity index (χ4n) is 6.17. The number of carbonyl (C=O) groups is 1. The standard InChI is InChI=1S/C26H29N7O4S/c1-31-9-8-21(30-31)20-6-3-15(13-28-20)19-7-10-32-25(27)24(38(2,36)37)23(29-26(19)32)16-11-17-4-5-18(12-16)33(17)22(35)14-34/h3,6-10,13,16-18,34H,4-5,11-12,14,27H2,1-2H3/t16-,17-,18+. The molecule has 3 atom stereocenters. The van der Waals surface area contributed by atoms with Crippen LogP contribution in [0.4, 0.5) is 5.82 Å². The summed E-state index contributed by atoms with van der Waals surface area (Å²) in [5.74, 6) is -0.338. The van der Waals surface area contributed by atoms with Gasteiger partial charge in [-0.3, -0.25) is 18.9 Å². The minimum absolute atomic E-state index is 0.0436. The van der Waals surface area contributed by atoms with Gasteiger partial charge in [-0.1, -0.05) is 6.07 Å². The van der Waals surface area contributed by atoms with E-state index < -0.39 is 16.4 Å². The van der Waals surface area contributed by atoms with Gasteiger partial charge in [-0.15, -0.1) is 0 Å². The Balaban J connectivity index is 1.44. The highest BCUT2D eigenvalue weighted by Gasteiger charge is 2.45. The molecule has 6 heterocycles. The fraction of sp³-hybridized carbons (Fsp3) is 0.385. The van der Waals surface area contributed by atoms with Crippen molar-refractivity contribution in [1.29, 1.82) is 0 Å². The highest BCUT2D eigenvalue weighted by Crippen LogP contribution is 2.45. The summed E-state index contributed by atoms with van der Waals surface area (Å²) in [6.07, 6.45) is 9.28. The zero-order valence-electron chi connectivity index (χ0n) is 21.1. The van der Waals surface area contributed by atoms with Crippen molar-refractivity contribution in [2.24, 2.45) is 7.05 Å². The maximum Gasteiger partial charge on any atom is 0.248 e. The molecule has 198 valence electrons. The van der Waals surface area contributed by atoms with Crippen LogP contribution in [0.3, 0.4) is 0 Å². The molecule has 0 unspecified atom stereocenters. The number of aryl methyl sites for hydroxylation is 1. The Labute approximate surface area is 219 Å². The van der Waals surface area contributed by atoms with Crippen molar-refractivity contribution in [1.82, 2.24) is 29.0 Å². The van der Waals surface area contributed by atoms with E-state index in [9.17, 15) is 18.3 Å². The maximum atomic E-state index is 13.0. The first-order valence-corrected chi connectivity index (χ1v) is 14.4. The molecule has 4 aromatic rings. The molecule has 1 amide bonds. The lowest BCUT2D eigenvalue weighted by Gasteiger charge is -2.39. The number of piperidine rings is 1. The number of hydrogen-bond donors (Lipinski definition) is 2. The second-order valence-electron chi connectivity index (χ2n) is 10.2. The largest absolute Gasteiger partial charge is 0.387 e. The Morgan fingerprint density at radius 2 is 1.84 bits per heavy atom. The van der Waals surface area contributed by atoms with E-state index >= 15 is 0 Å². The molecule has 12 heteroatoms. The monoisotopic (exact) mass is 535 g/mol. The molecule has 2 saturated heterocycles. The second kappa shape index (κ2) is 8.91. The predicted octanol–water partition coefficient (Wildman–Crippen LogP) is 2.01. The van der Waals surface area contributed by atoms with E-state index in [2.05, 4.69) is 10.1 Å². The third-order valence-corrected chi connectivity index (χ3v) is 8.93. The van der Waals surface area contributed by atoms with Gasteiger partial charge in [-0.2, -0.15) is 5.10 Å². The van der Waals surface area contributed by atoms with Crippen LogP contribution in [0.1, 0.15) is 37.3 Å². The van der Waals surface area contributed by atoms with Crippen LogP contribution in [-0.2, 0) is 21.7 Å². The number of nitrogens with two attached hydrogens (primary N) is 1. The van der Waals surface area contributed by atoms with Gasteiger partial charge in [-0.25, -0.2) is 13.4 Å². The molecule has 0 aliphatic carbocycles. The highest BCUT2D eigenvalue weighted by molar-refractivity contribution is 7.91. The quantitative estimate of drug-likeness (QED) is 0.394. The van der Waals surface area contributed by atoms with Crippen LogP contribution < -0.4 is 5.73 Å². The highest BCUT2D eigenvalue weighted by atomic mass is 32.2. The molecule has 2 aliphatic rings. The van der Waals surface area contributed by atoms with Crippen LogP contribution in [-0.4, -0.2) is 73.4 Å². The lowest BCUT2D eigenvalue weighted by atomic mass is 9.87. The van der Waals surface area contributed by atoms with E-state index in [0.717, 1.165) is 41.6 Å². The Hall–Kier alpha value is -3.77. The Morgan fingerprint density at radius 1 is 1.11 bits per heavy atom. The Morgan fingerprint density at radius 3 is 2.42 bits per heavy atom. The second-order valence-corrected chi connectivity index (χ2v) is 12.2. The summed E-state index contributed by atoms with van der Waals surface area (Å²) in [6.45, 7) is -0.524. The van der Waals surface area contributed by atoms with Crippen molar-refractivity contribution in [3.8, 4) is 22.5 Å². The summed E-state index contributed by atoms with van der Waals surface area (Å²) in [7, 11) is -1.84. The first-order valence-electron chi connectivity index (χ1n) is 12.5. The first-order chi connectivity index (χ1) is 18.2. The fourth-order valence-corrected chi connectivity index (χ4v) is 7.24. The molecular weight excluding hydrogens is 506 g/mol. The number of anilines is 1. The van der Waals surface area contributed by atoms with Crippen molar-refractivity contribution in [3.05, 3.63) is 48.5 Å². The topological polar surface area (TPSA) is 149 Å². The lowest BCUT2D eigenvalue weighted by molar-refractivity contribution is -0.138. The van der Waals surface area contributed by atoms with E-state index in [1.165, 1.54) is 0 Å². The molecular formula is C26H29N7O4S. The van der Waals surface area contributed by atoms with Crippen LogP contribution in [0.2, 0.25) is 0 Å². The number of carbonyl (C=O) groups excluding carboxylic acids is 1. The van der Waals surface area contributed by atoms with Gasteiger partial charge in [-0.05, 0) is 43.9 Å². The number of amides is 1. The molecule has 2 fully saturated rings. The number of aliphatic hydroxyl groups is 1. The number of hydrogen-bond acceptors (Lipinski definition) is 8. The molecule has 0 aromatic carbocycles. The molecule has 0 saturated carbocycles. The summed E-state index contributed by atoms with van der Waals surface area (Å²) in [5, 5.41) is 13.8. The van der Waals surface area contributed by atoms with Gasteiger partial charge in [0.05, 0.1) is 11.4 Å². The zero-order valence-corrected chi connectivity index (χ0v) is 22.0. The van der Waals surface area contributed by atoms with Crippen molar-refractivity contribution >= 4 is 27.2 Å². The minimum Gasteiger partial charge on any atom is -0.387 e. The zero-order chi connectivity index (χ0) is 26.8. The number of nitrogen functional groups attached to an aromatic ring is 1. The number of rotatable bonds is 5. The van der Waals surface area contributed by atoms with Gasteiger partial charge in [0.25, 0.3) is 0 Å². The molecule has 11 nitrogen and oxygen atoms in total. The van der Waals surface area contributed by atoms with Crippen molar-refractivity contribution in [3.63, 3.8) is 0 Å². The number of aliphatic hydroxyl groups excluding tert-OH is 1. The van der Waals surface area contributed by atoms with Gasteiger partial charge in [0.1, 0.15) is 28.7 Å². The summed E-state index contributed by atoms with van der Waals surface area (Å²) in [5.41, 5.74) is 10.6. The number of sulfone groups is 1. The van der Waals surface area contributed by atoms with Crippen LogP contribution in [0.25, 0.3) is 28.2 Å². The molecule has 2 bridgehead atoms. The number of pyridine rings is 1. The summed E-state index contributed by atoms with van der Waals surface area (Å²) in [6, 6.07) is 7.47. The van der Waals surface area contributed by atoms with Crippen LogP contribution in [0.15, 0.2) is 47.8 Å². The third kappa shape index (κ3) is 3.95. The Kier molecular flexibility index (Phi) is 5.76. The average molecular weight is 536 g/mol. The number of fused-ring (bicyclic) bond motifs is 3. The van der Waals surface area contributed by atoms with E-state index in [1.54, 1.807) is 26.4 Å². The maximum absolute atomic E-state index is 13.0. The number of nitrogens with zero attached hydrogens (tertiary/aromatic N) is 6. The SMILES string of the molecule is Cn1ccc(-c2ccc(-c3ccn4c(N)c(S(C)(=O)=O)c([C@@H]5C[C@H]6CC[C@@H](C5)N6C(=O)CO)nc34)cn2)n1. The molecule has 0 radical (unpaired) electrons. The van der Waals surface area contributed by atoms with Gasteiger partial charge in [0.2, 0.25) is 5.91 Å². The van der Waals surface area contributed by atoms with Crippen molar-refractivity contribution in [2.45, 2.75) is 48.6 Å². The Bertz CT molecular complexity index is 1640. The molecule has 4 aromatic heterocycles. The van der Waals surface area contributed by atoms with Crippen LogP contribution >= 0.6 is 0 Å². The van der Waals surface area contributed by atoms with E-state index in [1.807, 2.05) is 37.5 Å².